The Labute approximate surface area is 207 Å². The van der Waals surface area contributed by atoms with Gasteiger partial charge in [-0.05, 0) is 73.8 Å². The van der Waals surface area contributed by atoms with Crippen LogP contribution in [0.15, 0.2) is 128 Å². The SMILES string of the molecule is c1cc(-c2ccc3c4ccccc4c4ccccc4c3c2)cc(-n2ccn3c4ccccc4nc23)c1. The molecule has 0 aliphatic rings. The van der Waals surface area contributed by atoms with Crippen molar-refractivity contribution in [1.29, 1.82) is 0 Å². The Morgan fingerprint density at radius 1 is 0.472 bits per heavy atom. The molecule has 6 aromatic carbocycles. The van der Waals surface area contributed by atoms with E-state index >= 15 is 0 Å². The average Bonchev–Trinajstić information content (AvgIpc) is 3.53. The van der Waals surface area contributed by atoms with Gasteiger partial charge in [0.2, 0.25) is 5.78 Å². The number of nitrogens with zero attached hydrogens (tertiary/aromatic N) is 3. The van der Waals surface area contributed by atoms with Crippen molar-refractivity contribution >= 4 is 49.1 Å². The van der Waals surface area contributed by atoms with Crippen molar-refractivity contribution in [3.05, 3.63) is 128 Å². The molecule has 2 aromatic heterocycles. The highest BCUT2D eigenvalue weighted by Gasteiger charge is 2.12. The number of fused-ring (bicyclic) bond motifs is 9. The predicted molar refractivity (Wildman–Crippen MR) is 150 cm³/mol. The Morgan fingerprint density at radius 3 is 1.89 bits per heavy atom. The van der Waals surface area contributed by atoms with Crippen molar-refractivity contribution in [2.45, 2.75) is 0 Å². The van der Waals surface area contributed by atoms with Gasteiger partial charge in [-0.1, -0.05) is 84.9 Å². The molecule has 0 radical (unpaired) electrons. The average molecular weight is 460 g/mol. The molecular formula is C33H21N3. The zero-order chi connectivity index (χ0) is 23.6. The number of para-hydroxylation sites is 2. The summed E-state index contributed by atoms with van der Waals surface area (Å²) in [6.45, 7) is 0. The topological polar surface area (TPSA) is 22.2 Å². The minimum atomic E-state index is 0.921. The number of hydrogen-bond acceptors (Lipinski definition) is 1. The zero-order valence-electron chi connectivity index (χ0n) is 19.5. The lowest BCUT2D eigenvalue weighted by Gasteiger charge is -2.12. The van der Waals surface area contributed by atoms with Crippen molar-refractivity contribution in [1.82, 2.24) is 14.0 Å². The molecular weight excluding hydrogens is 438 g/mol. The maximum absolute atomic E-state index is 4.88. The summed E-state index contributed by atoms with van der Waals surface area (Å²) in [5.41, 5.74) is 5.63. The van der Waals surface area contributed by atoms with E-state index in [1.807, 2.05) is 6.07 Å². The lowest BCUT2D eigenvalue weighted by atomic mass is 9.92. The highest BCUT2D eigenvalue weighted by molar-refractivity contribution is 6.25. The first-order chi connectivity index (χ1) is 17.8. The minimum absolute atomic E-state index is 0.921. The van der Waals surface area contributed by atoms with Crippen LogP contribution in [0.4, 0.5) is 0 Å². The van der Waals surface area contributed by atoms with Crippen molar-refractivity contribution in [3.8, 4) is 16.8 Å². The summed E-state index contributed by atoms with van der Waals surface area (Å²) in [6.07, 6.45) is 4.18. The van der Waals surface area contributed by atoms with E-state index in [1.165, 1.54) is 43.4 Å². The molecule has 0 aliphatic carbocycles. The molecule has 3 heteroatoms. The van der Waals surface area contributed by atoms with Crippen LogP contribution in [0, 0.1) is 0 Å². The molecule has 0 fully saturated rings. The third-order valence-electron chi connectivity index (χ3n) is 7.36. The third-order valence-corrected chi connectivity index (χ3v) is 7.36. The molecule has 3 nitrogen and oxygen atoms in total. The van der Waals surface area contributed by atoms with E-state index in [0.717, 1.165) is 22.5 Å². The van der Waals surface area contributed by atoms with Gasteiger partial charge >= 0.3 is 0 Å². The quantitative estimate of drug-likeness (QED) is 0.238. The fourth-order valence-corrected chi connectivity index (χ4v) is 5.67. The van der Waals surface area contributed by atoms with Gasteiger partial charge in [0.25, 0.3) is 0 Å². The van der Waals surface area contributed by atoms with Gasteiger partial charge in [-0.15, -0.1) is 0 Å². The Kier molecular flexibility index (Phi) is 3.94. The van der Waals surface area contributed by atoms with Crippen LogP contribution in [0.5, 0.6) is 0 Å². The normalized spacial score (nSPS) is 11.9. The lowest BCUT2D eigenvalue weighted by Crippen LogP contribution is -1.94. The molecule has 0 spiro atoms. The maximum atomic E-state index is 4.88. The number of aromatic nitrogens is 3. The fraction of sp³-hybridized carbons (Fsp3) is 0. The Balaban J connectivity index is 1.33. The van der Waals surface area contributed by atoms with E-state index in [0.29, 0.717) is 0 Å². The van der Waals surface area contributed by atoms with Crippen LogP contribution in [0.1, 0.15) is 0 Å². The van der Waals surface area contributed by atoms with Crippen LogP contribution >= 0.6 is 0 Å². The van der Waals surface area contributed by atoms with Gasteiger partial charge in [-0.3, -0.25) is 8.97 Å². The molecule has 0 aliphatic heterocycles. The standard InChI is InChI=1S/C33H21N3/c1-2-12-27-25(10-1)26-11-3-4-13-28(26)30-21-23(16-17-29(27)30)22-8-7-9-24(20-22)35-18-19-36-32-15-6-5-14-31(32)34-33(35)36/h1-21H. The molecule has 0 N–H and O–H groups in total. The molecule has 168 valence electrons. The van der Waals surface area contributed by atoms with Gasteiger partial charge < -0.3 is 0 Å². The summed E-state index contributed by atoms with van der Waals surface area (Å²) in [7, 11) is 0. The van der Waals surface area contributed by atoms with Crippen LogP contribution in [0.25, 0.3) is 65.9 Å². The van der Waals surface area contributed by atoms with Crippen molar-refractivity contribution in [3.63, 3.8) is 0 Å². The smallest absolute Gasteiger partial charge is 0.219 e. The van der Waals surface area contributed by atoms with E-state index in [4.69, 9.17) is 4.98 Å². The van der Waals surface area contributed by atoms with Gasteiger partial charge in [0, 0.05) is 18.1 Å². The summed E-state index contributed by atoms with van der Waals surface area (Å²) in [6, 6.07) is 41.3. The summed E-state index contributed by atoms with van der Waals surface area (Å²) in [5, 5.41) is 7.77. The van der Waals surface area contributed by atoms with Gasteiger partial charge in [0.1, 0.15) is 0 Å². The molecule has 8 aromatic rings. The predicted octanol–water partition coefficient (Wildman–Crippen LogP) is 8.40. The second-order valence-electron chi connectivity index (χ2n) is 9.34. The third kappa shape index (κ3) is 2.71. The summed E-state index contributed by atoms with van der Waals surface area (Å²) in [5.74, 6) is 0.921. The minimum Gasteiger partial charge on any atom is -0.286 e. The van der Waals surface area contributed by atoms with Crippen molar-refractivity contribution < 1.29 is 0 Å². The van der Waals surface area contributed by atoms with Crippen molar-refractivity contribution in [2.24, 2.45) is 0 Å². The number of imidazole rings is 2. The van der Waals surface area contributed by atoms with Crippen LogP contribution in [0.3, 0.4) is 0 Å². The summed E-state index contributed by atoms with van der Waals surface area (Å²) < 4.78 is 4.31. The van der Waals surface area contributed by atoms with Gasteiger partial charge in [-0.25, -0.2) is 4.98 Å². The highest BCUT2D eigenvalue weighted by atomic mass is 15.2. The van der Waals surface area contributed by atoms with E-state index in [1.54, 1.807) is 0 Å². The Bertz CT molecular complexity index is 2070. The fourth-order valence-electron chi connectivity index (χ4n) is 5.67. The van der Waals surface area contributed by atoms with E-state index in [-0.39, 0.29) is 0 Å². The second-order valence-corrected chi connectivity index (χ2v) is 9.34. The van der Waals surface area contributed by atoms with Crippen LogP contribution in [-0.2, 0) is 0 Å². The summed E-state index contributed by atoms with van der Waals surface area (Å²) in [4.78, 5) is 4.88. The molecule has 0 unspecified atom stereocenters. The first-order valence-electron chi connectivity index (χ1n) is 12.2. The lowest BCUT2D eigenvalue weighted by molar-refractivity contribution is 1.08. The van der Waals surface area contributed by atoms with Gasteiger partial charge in [0.15, 0.2) is 0 Å². The maximum Gasteiger partial charge on any atom is 0.219 e. The number of rotatable bonds is 2. The van der Waals surface area contributed by atoms with E-state index in [9.17, 15) is 0 Å². The van der Waals surface area contributed by atoms with E-state index < -0.39 is 0 Å². The van der Waals surface area contributed by atoms with Crippen LogP contribution in [0.2, 0.25) is 0 Å². The first-order valence-corrected chi connectivity index (χ1v) is 12.2. The Hall–Kier alpha value is -4.89. The molecule has 8 rings (SSSR count). The monoisotopic (exact) mass is 459 g/mol. The van der Waals surface area contributed by atoms with Crippen LogP contribution in [-0.4, -0.2) is 14.0 Å². The highest BCUT2D eigenvalue weighted by Crippen LogP contribution is 2.37. The molecule has 0 saturated heterocycles. The molecule has 2 heterocycles. The largest absolute Gasteiger partial charge is 0.286 e. The molecule has 0 saturated carbocycles. The zero-order valence-corrected chi connectivity index (χ0v) is 19.5. The Morgan fingerprint density at radius 2 is 1.11 bits per heavy atom. The number of benzene rings is 6. The molecule has 0 atom stereocenters. The first kappa shape index (κ1) is 19.4. The van der Waals surface area contributed by atoms with Gasteiger partial charge in [0.05, 0.1) is 11.0 Å². The number of hydrogen-bond donors (Lipinski definition) is 0. The van der Waals surface area contributed by atoms with Gasteiger partial charge in [-0.2, -0.15) is 0 Å². The van der Waals surface area contributed by atoms with Crippen LogP contribution < -0.4 is 0 Å². The second kappa shape index (κ2) is 7.30. The van der Waals surface area contributed by atoms with E-state index in [2.05, 4.69) is 131 Å². The molecule has 36 heavy (non-hydrogen) atoms. The summed E-state index contributed by atoms with van der Waals surface area (Å²) >= 11 is 0. The molecule has 0 amide bonds. The molecule has 0 bridgehead atoms. The van der Waals surface area contributed by atoms with Crippen molar-refractivity contribution in [2.75, 3.05) is 0 Å².